The van der Waals surface area contributed by atoms with Gasteiger partial charge in [-0.3, -0.25) is 4.99 Å². The van der Waals surface area contributed by atoms with E-state index in [0.717, 1.165) is 5.75 Å². The zero-order valence-electron chi connectivity index (χ0n) is 5.00. The molecule has 9 heavy (non-hydrogen) atoms. The summed E-state index contributed by atoms with van der Waals surface area (Å²) >= 11 is 1.31. The predicted molar refractivity (Wildman–Crippen MR) is 37.0 cm³/mol. The lowest BCUT2D eigenvalue weighted by Gasteiger charge is -1.87. The molecule has 0 saturated heterocycles. The molecule has 0 radical (unpaired) electrons. The third-order valence-electron chi connectivity index (χ3n) is 0.982. The van der Waals surface area contributed by atoms with E-state index in [9.17, 15) is 4.79 Å². The van der Waals surface area contributed by atoms with Crippen LogP contribution in [0.25, 0.3) is 0 Å². The van der Waals surface area contributed by atoms with Gasteiger partial charge in [0.1, 0.15) is 0 Å². The maximum absolute atomic E-state index is 10.2. The first kappa shape index (κ1) is 6.61. The highest BCUT2D eigenvalue weighted by molar-refractivity contribution is 8.16. The van der Waals surface area contributed by atoms with E-state index in [1.165, 1.54) is 11.8 Å². The second-order valence-electron chi connectivity index (χ2n) is 1.90. The van der Waals surface area contributed by atoms with Gasteiger partial charge >= 0.3 is 5.97 Å². The van der Waals surface area contributed by atoms with Crippen LogP contribution in [0.2, 0.25) is 0 Å². The molecule has 0 fully saturated rings. The summed E-state index contributed by atoms with van der Waals surface area (Å²) < 4.78 is 0. The van der Waals surface area contributed by atoms with Crippen molar-refractivity contribution in [3.63, 3.8) is 0 Å². The van der Waals surface area contributed by atoms with E-state index in [1.54, 1.807) is 0 Å². The maximum atomic E-state index is 10.2. The highest BCUT2D eigenvalue weighted by Gasteiger charge is 2.18. The second kappa shape index (κ2) is 2.39. The van der Waals surface area contributed by atoms with E-state index >= 15 is 0 Å². The molecule has 1 rings (SSSR count). The normalized spacial score (nSPS) is 25.9. The van der Waals surface area contributed by atoms with Crippen molar-refractivity contribution < 1.29 is 9.90 Å². The SMILES string of the molecule is CC1CSC(C(=O)O)=N1. The zero-order valence-corrected chi connectivity index (χ0v) is 5.81. The van der Waals surface area contributed by atoms with Crippen LogP contribution in [0.3, 0.4) is 0 Å². The lowest BCUT2D eigenvalue weighted by atomic mass is 10.4. The topological polar surface area (TPSA) is 49.7 Å². The Bertz CT molecular complexity index is 166. The molecule has 0 aliphatic carbocycles. The first-order valence-corrected chi connectivity index (χ1v) is 3.62. The molecule has 1 N–H and O–H groups in total. The lowest BCUT2D eigenvalue weighted by molar-refractivity contribution is -0.129. The van der Waals surface area contributed by atoms with E-state index in [4.69, 9.17) is 5.11 Å². The minimum Gasteiger partial charge on any atom is -0.476 e. The molecule has 0 spiro atoms. The van der Waals surface area contributed by atoms with Gasteiger partial charge in [0.05, 0.1) is 6.04 Å². The van der Waals surface area contributed by atoms with E-state index < -0.39 is 5.97 Å². The Morgan fingerprint density at radius 1 is 2.00 bits per heavy atom. The summed E-state index contributed by atoms with van der Waals surface area (Å²) in [5, 5.41) is 8.63. The fourth-order valence-corrected chi connectivity index (χ4v) is 1.44. The maximum Gasteiger partial charge on any atom is 0.360 e. The van der Waals surface area contributed by atoms with Crippen LogP contribution in [0.1, 0.15) is 6.92 Å². The molecular weight excluding hydrogens is 138 g/mol. The molecule has 0 bridgehead atoms. The molecule has 3 nitrogen and oxygen atoms in total. The van der Waals surface area contributed by atoms with E-state index in [1.807, 2.05) is 6.92 Å². The number of hydrogen-bond donors (Lipinski definition) is 1. The molecule has 0 aromatic carbocycles. The number of thioether (sulfide) groups is 1. The number of nitrogens with zero attached hydrogens (tertiary/aromatic N) is 1. The quantitative estimate of drug-likeness (QED) is 0.588. The molecule has 1 aliphatic heterocycles. The Morgan fingerprint density at radius 2 is 2.67 bits per heavy atom. The molecule has 0 saturated carbocycles. The third kappa shape index (κ3) is 1.45. The van der Waals surface area contributed by atoms with Crippen LogP contribution < -0.4 is 0 Å². The molecule has 1 heterocycles. The van der Waals surface area contributed by atoms with Gasteiger partial charge in [0.25, 0.3) is 0 Å². The predicted octanol–water partition coefficient (Wildman–Crippen LogP) is 0.605. The Balaban J connectivity index is 2.62. The van der Waals surface area contributed by atoms with E-state index in [0.29, 0.717) is 0 Å². The van der Waals surface area contributed by atoms with Crippen LogP contribution in [0.4, 0.5) is 0 Å². The molecular formula is C5H7NO2S. The van der Waals surface area contributed by atoms with Crippen molar-refractivity contribution in [1.82, 2.24) is 0 Å². The number of carboxylic acids is 1. The summed E-state index contributed by atoms with van der Waals surface area (Å²) in [5.74, 6) is -0.0916. The summed E-state index contributed by atoms with van der Waals surface area (Å²) in [6.07, 6.45) is 0. The largest absolute Gasteiger partial charge is 0.476 e. The van der Waals surface area contributed by atoms with Crippen molar-refractivity contribution in [2.24, 2.45) is 4.99 Å². The summed E-state index contributed by atoms with van der Waals surface area (Å²) in [7, 11) is 0. The van der Waals surface area contributed by atoms with Crippen LogP contribution in [0.15, 0.2) is 4.99 Å². The first-order chi connectivity index (χ1) is 4.20. The zero-order chi connectivity index (χ0) is 6.85. The van der Waals surface area contributed by atoms with Gasteiger partial charge in [0.2, 0.25) is 0 Å². The average molecular weight is 145 g/mol. The molecule has 50 valence electrons. The molecule has 1 atom stereocenters. The molecule has 0 aromatic heterocycles. The van der Waals surface area contributed by atoms with E-state index in [2.05, 4.69) is 4.99 Å². The van der Waals surface area contributed by atoms with Gasteiger partial charge in [-0.2, -0.15) is 0 Å². The molecule has 0 amide bonds. The van der Waals surface area contributed by atoms with Crippen LogP contribution in [-0.4, -0.2) is 27.9 Å². The Hall–Kier alpha value is -0.510. The lowest BCUT2D eigenvalue weighted by Crippen LogP contribution is -2.05. The number of carbonyl (C=O) groups is 1. The average Bonchev–Trinajstić information content (AvgIpc) is 2.14. The molecule has 1 aliphatic rings. The number of carboxylic acid groups (broad SMARTS) is 1. The smallest absolute Gasteiger partial charge is 0.360 e. The van der Waals surface area contributed by atoms with E-state index in [-0.39, 0.29) is 11.1 Å². The summed E-state index contributed by atoms with van der Waals surface area (Å²) in [6, 6.07) is 0.182. The van der Waals surface area contributed by atoms with Crippen molar-refractivity contribution in [3.8, 4) is 0 Å². The Kier molecular flexibility index (Phi) is 1.75. The Labute approximate surface area is 57.2 Å². The molecule has 4 heteroatoms. The van der Waals surface area contributed by atoms with Crippen molar-refractivity contribution in [2.45, 2.75) is 13.0 Å². The van der Waals surface area contributed by atoms with Gasteiger partial charge in [-0.25, -0.2) is 4.79 Å². The van der Waals surface area contributed by atoms with Crippen LogP contribution in [0.5, 0.6) is 0 Å². The number of aliphatic imine (C=N–C) groups is 1. The Morgan fingerprint density at radius 3 is 2.89 bits per heavy atom. The van der Waals surface area contributed by atoms with Crippen molar-refractivity contribution >= 4 is 22.8 Å². The van der Waals surface area contributed by atoms with Gasteiger partial charge in [-0.1, -0.05) is 11.8 Å². The summed E-state index contributed by atoms with van der Waals surface area (Å²) in [5.41, 5.74) is 0. The number of rotatable bonds is 1. The van der Waals surface area contributed by atoms with Crippen LogP contribution >= 0.6 is 11.8 Å². The van der Waals surface area contributed by atoms with Gasteiger partial charge in [0.15, 0.2) is 5.04 Å². The number of hydrogen-bond acceptors (Lipinski definition) is 3. The molecule has 0 aromatic rings. The standard InChI is InChI=1S/C5H7NO2S/c1-3-2-9-4(6-3)5(7)8/h3H,2H2,1H3,(H,7,8). The summed E-state index contributed by atoms with van der Waals surface area (Å²) in [6.45, 7) is 1.91. The van der Waals surface area contributed by atoms with Gasteiger partial charge < -0.3 is 5.11 Å². The van der Waals surface area contributed by atoms with Gasteiger partial charge in [0, 0.05) is 5.75 Å². The first-order valence-electron chi connectivity index (χ1n) is 2.64. The van der Waals surface area contributed by atoms with Crippen LogP contribution in [0, 0.1) is 0 Å². The highest BCUT2D eigenvalue weighted by Crippen LogP contribution is 2.16. The fourth-order valence-electron chi connectivity index (χ4n) is 0.591. The summed E-state index contributed by atoms with van der Waals surface area (Å²) in [4.78, 5) is 14.1. The molecule has 1 unspecified atom stereocenters. The number of aliphatic carboxylic acids is 1. The second-order valence-corrected chi connectivity index (χ2v) is 2.91. The minimum atomic E-state index is -0.899. The van der Waals surface area contributed by atoms with Crippen molar-refractivity contribution in [3.05, 3.63) is 0 Å². The highest BCUT2D eigenvalue weighted by atomic mass is 32.2. The third-order valence-corrected chi connectivity index (χ3v) is 2.18. The van der Waals surface area contributed by atoms with Gasteiger partial charge in [-0.05, 0) is 6.92 Å². The van der Waals surface area contributed by atoms with Crippen molar-refractivity contribution in [1.29, 1.82) is 0 Å². The van der Waals surface area contributed by atoms with Gasteiger partial charge in [-0.15, -0.1) is 0 Å². The van der Waals surface area contributed by atoms with Crippen molar-refractivity contribution in [2.75, 3.05) is 5.75 Å². The monoisotopic (exact) mass is 145 g/mol. The fraction of sp³-hybridized carbons (Fsp3) is 0.600. The van der Waals surface area contributed by atoms with Crippen LogP contribution in [-0.2, 0) is 4.79 Å². The minimum absolute atomic E-state index is 0.182.